The molecule has 0 bridgehead atoms. The van der Waals surface area contributed by atoms with Crippen LogP contribution < -0.4 is 4.90 Å². The summed E-state index contributed by atoms with van der Waals surface area (Å²) in [5, 5.41) is 1.24. The van der Waals surface area contributed by atoms with Gasteiger partial charge in [-0.25, -0.2) is 0 Å². The van der Waals surface area contributed by atoms with Crippen molar-refractivity contribution in [2.75, 3.05) is 37.1 Å². The first-order valence-electron chi connectivity index (χ1n) is 10.6. The number of nitrogens with zero attached hydrogens (tertiary/aromatic N) is 2. The highest BCUT2D eigenvalue weighted by atomic mass is 35.5. The molecule has 1 saturated heterocycles. The molecule has 3 aromatic rings. The molecule has 2 aromatic carbocycles. The van der Waals surface area contributed by atoms with Crippen LogP contribution in [0, 0.1) is 0 Å². The van der Waals surface area contributed by atoms with Gasteiger partial charge in [0, 0.05) is 41.4 Å². The van der Waals surface area contributed by atoms with E-state index < -0.39 is 0 Å². The minimum atomic E-state index is -0.166. The van der Waals surface area contributed by atoms with E-state index in [2.05, 4.69) is 59.3 Å². The Balaban J connectivity index is 1.59. The maximum atomic E-state index is 12.9. The number of amides is 1. The van der Waals surface area contributed by atoms with Gasteiger partial charge in [0.25, 0.3) is 0 Å². The number of fused-ring (bicyclic) bond motifs is 3. The number of ether oxygens (including phenoxy) is 1. The second-order valence-corrected chi connectivity index (χ2v) is 8.41. The lowest BCUT2D eigenvalue weighted by Gasteiger charge is -2.41. The van der Waals surface area contributed by atoms with E-state index in [1.165, 1.54) is 16.6 Å². The predicted octanol–water partition coefficient (Wildman–Crippen LogP) is 4.11. The summed E-state index contributed by atoms with van der Waals surface area (Å²) >= 11 is 6.02. The smallest absolute Gasteiger partial charge is 0.238 e. The largest absolute Gasteiger partial charge is 0.378 e. The average molecular weight is 424 g/mol. The molecule has 0 spiro atoms. The Kier molecular flexibility index (Phi) is 5.17. The molecule has 0 radical (unpaired) electrons. The van der Waals surface area contributed by atoms with Crippen LogP contribution in [0.4, 0.5) is 5.69 Å². The van der Waals surface area contributed by atoms with Crippen LogP contribution >= 0.6 is 11.6 Å². The molecule has 2 atom stereocenters. The fourth-order valence-corrected chi connectivity index (χ4v) is 5.07. The van der Waals surface area contributed by atoms with E-state index in [9.17, 15) is 4.79 Å². The summed E-state index contributed by atoms with van der Waals surface area (Å²) in [6.45, 7) is 5.45. The summed E-state index contributed by atoms with van der Waals surface area (Å²) < 4.78 is 5.47. The highest BCUT2D eigenvalue weighted by molar-refractivity contribution is 6.27. The number of anilines is 1. The van der Waals surface area contributed by atoms with E-state index in [1.54, 1.807) is 0 Å². The van der Waals surface area contributed by atoms with Crippen LogP contribution in [0.1, 0.15) is 29.8 Å². The molecular weight excluding hydrogens is 398 g/mol. The van der Waals surface area contributed by atoms with E-state index in [1.807, 2.05) is 11.0 Å². The maximum Gasteiger partial charge on any atom is 0.238 e. The summed E-state index contributed by atoms with van der Waals surface area (Å²) in [6, 6.07) is 16.9. The van der Waals surface area contributed by atoms with Gasteiger partial charge < -0.3 is 19.5 Å². The number of aromatic amines is 1. The molecule has 1 aromatic heterocycles. The van der Waals surface area contributed by atoms with E-state index in [0.29, 0.717) is 0 Å². The second kappa shape index (κ2) is 7.97. The number of hydrogen-bond donors (Lipinski definition) is 1. The molecule has 2 aliphatic heterocycles. The van der Waals surface area contributed by atoms with Crippen molar-refractivity contribution in [3.63, 3.8) is 0 Å². The number of rotatable bonds is 3. The monoisotopic (exact) mass is 423 g/mol. The Bertz CT molecular complexity index is 1060. The third-order valence-corrected chi connectivity index (χ3v) is 6.59. The molecule has 1 amide bonds. The maximum absolute atomic E-state index is 12.9. The van der Waals surface area contributed by atoms with Gasteiger partial charge in [0.2, 0.25) is 5.91 Å². The Labute approximate surface area is 181 Å². The third kappa shape index (κ3) is 3.26. The number of aromatic nitrogens is 1. The quantitative estimate of drug-likeness (QED) is 0.645. The first-order valence-corrected chi connectivity index (χ1v) is 11.1. The Morgan fingerprint density at radius 1 is 1.13 bits per heavy atom. The van der Waals surface area contributed by atoms with Gasteiger partial charge in [-0.1, -0.05) is 30.3 Å². The lowest BCUT2D eigenvalue weighted by molar-refractivity contribution is -0.133. The van der Waals surface area contributed by atoms with Gasteiger partial charge in [0.05, 0.1) is 19.3 Å². The van der Waals surface area contributed by atoms with Gasteiger partial charge in [-0.2, -0.15) is 0 Å². The number of morpholine rings is 1. The van der Waals surface area contributed by atoms with Crippen LogP contribution in [0.15, 0.2) is 48.5 Å². The standard InChI is InChI=1S/C24H26ClN3O2/c1-16-14-20-19-4-2-3-5-21(19)26-23(20)24(28(16)22(29)15-25)17-6-8-18(9-7-17)27-10-12-30-13-11-27/h2-9,16,24,26H,10-15H2,1H3/t16-,24+/m0/s1. The number of benzene rings is 2. The van der Waals surface area contributed by atoms with Crippen molar-refractivity contribution in [1.29, 1.82) is 0 Å². The van der Waals surface area contributed by atoms with Crippen molar-refractivity contribution in [3.8, 4) is 0 Å². The van der Waals surface area contributed by atoms with E-state index in [4.69, 9.17) is 16.3 Å². The van der Waals surface area contributed by atoms with E-state index >= 15 is 0 Å². The zero-order chi connectivity index (χ0) is 20.7. The highest BCUT2D eigenvalue weighted by Crippen LogP contribution is 2.41. The van der Waals surface area contributed by atoms with Gasteiger partial charge in [0.15, 0.2) is 0 Å². The number of nitrogens with one attached hydrogen (secondary N) is 1. The Hall–Kier alpha value is -2.50. The number of hydrogen-bond acceptors (Lipinski definition) is 3. The fraction of sp³-hybridized carbons (Fsp3) is 0.375. The zero-order valence-corrected chi connectivity index (χ0v) is 17.9. The van der Waals surface area contributed by atoms with E-state index in [0.717, 1.165) is 49.5 Å². The number of alkyl halides is 1. The van der Waals surface area contributed by atoms with Gasteiger partial charge >= 0.3 is 0 Å². The normalized spacial score (nSPS) is 21.7. The topological polar surface area (TPSA) is 48.6 Å². The summed E-state index contributed by atoms with van der Waals surface area (Å²) in [7, 11) is 0. The molecule has 5 rings (SSSR count). The van der Waals surface area contributed by atoms with Crippen molar-refractivity contribution in [2.45, 2.75) is 25.4 Å². The summed E-state index contributed by atoms with van der Waals surface area (Å²) in [4.78, 5) is 20.8. The molecule has 1 fully saturated rings. The van der Waals surface area contributed by atoms with Gasteiger partial charge in [-0.05, 0) is 42.7 Å². The molecule has 5 nitrogen and oxygen atoms in total. The second-order valence-electron chi connectivity index (χ2n) is 8.14. The van der Waals surface area contributed by atoms with Gasteiger partial charge in [-0.15, -0.1) is 11.6 Å². The zero-order valence-electron chi connectivity index (χ0n) is 17.1. The number of carbonyl (C=O) groups is 1. The van der Waals surface area contributed by atoms with Crippen molar-refractivity contribution in [1.82, 2.24) is 9.88 Å². The molecule has 1 N–H and O–H groups in total. The first kappa shape index (κ1) is 19.5. The Morgan fingerprint density at radius 2 is 1.87 bits per heavy atom. The van der Waals surface area contributed by atoms with Crippen LogP contribution in [0.25, 0.3) is 10.9 Å². The molecule has 0 saturated carbocycles. The molecule has 0 unspecified atom stereocenters. The summed E-state index contributed by atoms with van der Waals surface area (Å²) in [5.41, 5.74) is 5.82. The fourth-order valence-electron chi connectivity index (χ4n) is 4.94. The Morgan fingerprint density at radius 3 is 2.60 bits per heavy atom. The van der Waals surface area contributed by atoms with Crippen molar-refractivity contribution in [2.24, 2.45) is 0 Å². The minimum Gasteiger partial charge on any atom is -0.378 e. The van der Waals surface area contributed by atoms with Gasteiger partial charge in [0.1, 0.15) is 5.88 Å². The third-order valence-electron chi connectivity index (χ3n) is 6.36. The molecule has 3 heterocycles. The van der Waals surface area contributed by atoms with Crippen molar-refractivity contribution < 1.29 is 9.53 Å². The van der Waals surface area contributed by atoms with Crippen LogP contribution in [0.3, 0.4) is 0 Å². The molecule has 30 heavy (non-hydrogen) atoms. The predicted molar refractivity (Wildman–Crippen MR) is 120 cm³/mol. The number of para-hydroxylation sites is 1. The number of carbonyl (C=O) groups excluding carboxylic acids is 1. The van der Waals surface area contributed by atoms with Crippen LogP contribution in [0.5, 0.6) is 0 Å². The number of H-pyrrole nitrogens is 1. The average Bonchev–Trinajstić information content (AvgIpc) is 3.16. The molecular formula is C24H26ClN3O2. The molecule has 6 heteroatoms. The van der Waals surface area contributed by atoms with Crippen LogP contribution in [-0.4, -0.2) is 54.0 Å². The summed E-state index contributed by atoms with van der Waals surface area (Å²) in [6.07, 6.45) is 0.824. The van der Waals surface area contributed by atoms with Crippen LogP contribution in [0.2, 0.25) is 0 Å². The van der Waals surface area contributed by atoms with E-state index in [-0.39, 0.29) is 23.9 Å². The minimum absolute atomic E-state index is 0.0116. The summed E-state index contributed by atoms with van der Waals surface area (Å²) in [5.74, 6) is -0.0434. The van der Waals surface area contributed by atoms with Gasteiger partial charge in [-0.3, -0.25) is 4.79 Å². The SMILES string of the molecule is C[C@H]1Cc2c([nH]c3ccccc23)[C@@H](c2ccc(N3CCOCC3)cc2)N1C(=O)CCl. The molecule has 2 aliphatic rings. The lowest BCUT2D eigenvalue weighted by atomic mass is 9.88. The molecule has 156 valence electrons. The number of halogens is 1. The first-order chi connectivity index (χ1) is 14.7. The van der Waals surface area contributed by atoms with Crippen LogP contribution in [-0.2, 0) is 16.0 Å². The highest BCUT2D eigenvalue weighted by Gasteiger charge is 2.38. The van der Waals surface area contributed by atoms with Crippen molar-refractivity contribution >= 4 is 34.1 Å². The lowest BCUT2D eigenvalue weighted by Crippen LogP contribution is -2.47. The molecule has 0 aliphatic carbocycles. The van der Waals surface area contributed by atoms with Crippen molar-refractivity contribution in [3.05, 3.63) is 65.4 Å².